The van der Waals surface area contributed by atoms with E-state index < -0.39 is 0 Å². The van der Waals surface area contributed by atoms with Crippen LogP contribution in [0.4, 0.5) is 0 Å². The van der Waals surface area contributed by atoms with E-state index in [4.69, 9.17) is 15.0 Å². The number of aromatic nitrogens is 4. The van der Waals surface area contributed by atoms with Crippen LogP contribution in [0.3, 0.4) is 0 Å². The Morgan fingerprint density at radius 1 is 0.574 bits per heavy atom. The van der Waals surface area contributed by atoms with Gasteiger partial charge in [0.05, 0.1) is 28.4 Å². The van der Waals surface area contributed by atoms with E-state index in [1.165, 1.54) is 87.8 Å². The smallest absolute Gasteiger partial charge is 0.165 e. The van der Waals surface area contributed by atoms with Gasteiger partial charge in [-0.25, -0.2) is 15.0 Å². The number of hydrogen-bond acceptors (Lipinski definition) is 4. The zero-order valence-corrected chi connectivity index (χ0v) is 27.0. The average Bonchev–Trinajstić information content (AvgIpc) is 3.41. The first kappa shape index (κ1) is 27.0. The molecule has 0 N–H and O–H groups in total. The molecule has 8 fully saturated rings. The second-order valence-electron chi connectivity index (χ2n) is 16.9. The Labute approximate surface area is 276 Å². The molecule has 0 aliphatic heterocycles. The Morgan fingerprint density at radius 2 is 1.02 bits per heavy atom. The van der Waals surface area contributed by atoms with E-state index in [0.717, 1.165) is 75.3 Å². The highest BCUT2D eigenvalue weighted by atomic mass is 15.1. The van der Waals surface area contributed by atoms with Crippen molar-refractivity contribution in [3.05, 3.63) is 83.9 Å². The molecule has 13 rings (SSSR count). The van der Waals surface area contributed by atoms with Crippen LogP contribution in [0.25, 0.3) is 38.9 Å². The Kier molecular flexibility index (Phi) is 5.47. The number of hydrogen-bond donors (Lipinski definition) is 0. The van der Waals surface area contributed by atoms with Crippen molar-refractivity contribution in [3.63, 3.8) is 0 Å². The van der Waals surface area contributed by atoms with E-state index in [1.807, 2.05) is 6.07 Å². The van der Waals surface area contributed by atoms with Gasteiger partial charge in [0.2, 0.25) is 0 Å². The van der Waals surface area contributed by atoms with Gasteiger partial charge in [0, 0.05) is 27.2 Å². The number of benzene rings is 3. The Hall–Kier alpha value is -4.04. The Morgan fingerprint density at radius 3 is 1.47 bits per heavy atom. The van der Waals surface area contributed by atoms with Crippen LogP contribution in [0.15, 0.2) is 66.7 Å². The van der Waals surface area contributed by atoms with Crippen LogP contribution in [-0.2, 0) is 10.8 Å². The predicted molar refractivity (Wildman–Crippen MR) is 184 cm³/mol. The number of nitrogens with zero attached hydrogens (tertiary/aromatic N) is 5. The monoisotopic (exact) mass is 615 g/mol. The fraction of sp³-hybridized carbons (Fsp3) is 0.476. The maximum atomic E-state index is 10.2. The summed E-state index contributed by atoms with van der Waals surface area (Å²) in [6, 6.07) is 26.0. The summed E-state index contributed by atoms with van der Waals surface area (Å²) in [5.74, 6) is 7.87. The van der Waals surface area contributed by atoms with Crippen molar-refractivity contribution >= 4 is 21.8 Å². The summed E-state index contributed by atoms with van der Waals surface area (Å²) in [5, 5.41) is 12.6. The lowest BCUT2D eigenvalue weighted by molar-refractivity contribution is -0.0155. The van der Waals surface area contributed by atoms with E-state index in [2.05, 4.69) is 71.3 Å². The highest BCUT2D eigenvalue weighted by Gasteiger charge is 2.56. The molecule has 0 amide bonds. The second-order valence-corrected chi connectivity index (χ2v) is 16.9. The molecule has 8 aliphatic carbocycles. The highest BCUT2D eigenvalue weighted by Crippen LogP contribution is 2.62. The third kappa shape index (κ3) is 3.91. The van der Waals surface area contributed by atoms with Gasteiger partial charge in [-0.2, -0.15) is 5.26 Å². The van der Waals surface area contributed by atoms with Crippen LogP contribution < -0.4 is 0 Å². The van der Waals surface area contributed by atoms with Crippen molar-refractivity contribution in [2.75, 3.05) is 0 Å². The van der Waals surface area contributed by atoms with Crippen LogP contribution in [0.1, 0.15) is 94.3 Å². The van der Waals surface area contributed by atoms with Gasteiger partial charge in [-0.05, 0) is 143 Å². The summed E-state index contributed by atoms with van der Waals surface area (Å²) in [6.45, 7) is 0. The SMILES string of the molecule is N#Cc1ccc(-n2c3ccccc3c3ccccc32)c(-c2nc(C34CC5CC(CC(C5)C3)C4)nc(C34CC5CC(CC(C5)C3)C4)n2)c1. The molecule has 0 saturated heterocycles. The molecule has 5 aromatic rings. The molecule has 0 radical (unpaired) electrons. The van der Waals surface area contributed by atoms with Crippen LogP contribution >= 0.6 is 0 Å². The lowest BCUT2D eigenvalue weighted by Crippen LogP contribution is -2.51. The van der Waals surface area contributed by atoms with Crippen molar-refractivity contribution in [1.29, 1.82) is 5.26 Å². The summed E-state index contributed by atoms with van der Waals surface area (Å²) in [5.41, 5.74) is 5.12. The Bertz CT molecular complexity index is 1960. The van der Waals surface area contributed by atoms with Gasteiger partial charge >= 0.3 is 0 Å². The van der Waals surface area contributed by atoms with Gasteiger partial charge in [-0.15, -0.1) is 0 Å². The minimum atomic E-state index is 0.0727. The molecule has 5 heteroatoms. The van der Waals surface area contributed by atoms with Crippen molar-refractivity contribution in [1.82, 2.24) is 19.5 Å². The standard InChI is InChI=1S/C42H41N5/c43-24-25-9-10-37(47-35-7-3-1-5-32(35)33-6-2-4-8-36(33)47)34(17-25)38-44-39(41-18-26-11-27(19-41)13-28(12-26)20-41)46-40(45-38)42-21-29-14-30(22-42)16-31(15-29)23-42/h1-10,17,26-31H,11-16,18-23H2. The normalized spacial score (nSPS) is 34.8. The lowest BCUT2D eigenvalue weighted by atomic mass is 9.49. The minimum absolute atomic E-state index is 0.0727. The zero-order chi connectivity index (χ0) is 30.9. The third-order valence-corrected chi connectivity index (χ3v) is 13.8. The molecule has 8 bridgehead atoms. The van der Waals surface area contributed by atoms with Crippen molar-refractivity contribution in [2.45, 2.75) is 87.9 Å². The first-order valence-electron chi connectivity index (χ1n) is 18.3. The molecule has 2 heterocycles. The number of rotatable bonds is 4. The first-order valence-corrected chi connectivity index (χ1v) is 18.3. The largest absolute Gasteiger partial charge is 0.309 e. The molecule has 0 atom stereocenters. The summed E-state index contributed by atoms with van der Waals surface area (Å²) in [6.07, 6.45) is 15.8. The maximum Gasteiger partial charge on any atom is 0.165 e. The third-order valence-electron chi connectivity index (χ3n) is 13.8. The fourth-order valence-corrected chi connectivity index (χ4v) is 12.9. The molecule has 0 spiro atoms. The van der Waals surface area contributed by atoms with Gasteiger partial charge < -0.3 is 4.57 Å². The van der Waals surface area contributed by atoms with Gasteiger partial charge in [-0.3, -0.25) is 0 Å². The topological polar surface area (TPSA) is 67.4 Å². The zero-order valence-electron chi connectivity index (χ0n) is 27.0. The van der Waals surface area contributed by atoms with Gasteiger partial charge in [0.25, 0.3) is 0 Å². The van der Waals surface area contributed by atoms with Crippen molar-refractivity contribution in [3.8, 4) is 23.1 Å². The molecule has 8 saturated carbocycles. The summed E-state index contributed by atoms with van der Waals surface area (Å²) in [7, 11) is 0. The van der Waals surface area contributed by atoms with E-state index in [0.29, 0.717) is 5.56 Å². The molecule has 2 aromatic heterocycles. The van der Waals surface area contributed by atoms with Crippen LogP contribution in [0, 0.1) is 46.8 Å². The lowest BCUT2D eigenvalue weighted by Gasteiger charge is -2.57. The van der Waals surface area contributed by atoms with E-state index in [1.54, 1.807) is 0 Å². The average molecular weight is 616 g/mol. The van der Waals surface area contributed by atoms with Crippen molar-refractivity contribution < 1.29 is 0 Å². The molecular formula is C42H41N5. The van der Waals surface area contributed by atoms with Crippen LogP contribution in [0.5, 0.6) is 0 Å². The number of fused-ring (bicyclic) bond motifs is 3. The maximum absolute atomic E-state index is 10.2. The highest BCUT2D eigenvalue weighted by molar-refractivity contribution is 6.09. The van der Waals surface area contributed by atoms with Gasteiger partial charge in [0.1, 0.15) is 11.6 Å². The summed E-state index contributed by atoms with van der Waals surface area (Å²) < 4.78 is 2.37. The molecule has 0 unspecified atom stereocenters. The quantitative estimate of drug-likeness (QED) is 0.202. The Balaban J connectivity index is 1.17. The van der Waals surface area contributed by atoms with E-state index >= 15 is 0 Å². The summed E-state index contributed by atoms with van der Waals surface area (Å²) >= 11 is 0. The van der Waals surface area contributed by atoms with Crippen molar-refractivity contribution in [2.24, 2.45) is 35.5 Å². The van der Waals surface area contributed by atoms with Gasteiger partial charge in [0.15, 0.2) is 5.82 Å². The summed E-state index contributed by atoms with van der Waals surface area (Å²) in [4.78, 5) is 16.8. The molecule has 5 nitrogen and oxygen atoms in total. The van der Waals surface area contributed by atoms with E-state index in [9.17, 15) is 5.26 Å². The molecule has 8 aliphatic rings. The molecule has 234 valence electrons. The molecule has 3 aromatic carbocycles. The number of nitriles is 1. The fourth-order valence-electron chi connectivity index (χ4n) is 12.9. The second kappa shape index (κ2) is 9.53. The van der Waals surface area contributed by atoms with Gasteiger partial charge in [-0.1, -0.05) is 36.4 Å². The first-order chi connectivity index (χ1) is 23.0. The minimum Gasteiger partial charge on any atom is -0.309 e. The molecular weight excluding hydrogens is 574 g/mol. The van der Waals surface area contributed by atoms with Crippen LogP contribution in [-0.4, -0.2) is 19.5 Å². The van der Waals surface area contributed by atoms with E-state index in [-0.39, 0.29) is 10.8 Å². The predicted octanol–water partition coefficient (Wildman–Crippen LogP) is 9.44. The number of para-hydroxylation sites is 2. The van der Waals surface area contributed by atoms with Crippen LogP contribution in [0.2, 0.25) is 0 Å². The molecule has 47 heavy (non-hydrogen) atoms.